The zero-order valence-electron chi connectivity index (χ0n) is 16.6. The maximum Gasteiger partial charge on any atom is 0.330 e. The molecule has 1 heterocycles. The largest absolute Gasteiger partial charge is 0.383 e. The van der Waals surface area contributed by atoms with Crippen molar-refractivity contribution in [1.29, 1.82) is 0 Å². The second kappa shape index (κ2) is 9.21. The maximum atomic E-state index is 13.8. The van der Waals surface area contributed by atoms with E-state index in [4.69, 9.17) is 5.73 Å². The standard InChI is InChI=1S/C22H20F2N4O3/c1-2-27(18(29)12-11-15-16(23)9-6-10-17(15)24)19-20(25)28(22(31)26-21(19)30)13-14-7-4-3-5-8-14/h3-12H,2,13,25H2,1H3,(H,26,30,31)/b12-11+. The van der Waals surface area contributed by atoms with Crippen LogP contribution in [0.2, 0.25) is 0 Å². The van der Waals surface area contributed by atoms with Crippen LogP contribution in [0, 0.1) is 11.6 Å². The van der Waals surface area contributed by atoms with Crippen molar-refractivity contribution >= 4 is 23.5 Å². The lowest BCUT2D eigenvalue weighted by Gasteiger charge is -2.22. The number of rotatable bonds is 6. The van der Waals surface area contributed by atoms with E-state index < -0.39 is 28.8 Å². The predicted molar refractivity (Wildman–Crippen MR) is 115 cm³/mol. The number of nitrogens with two attached hydrogens (primary N) is 1. The number of anilines is 2. The highest BCUT2D eigenvalue weighted by molar-refractivity contribution is 6.05. The van der Waals surface area contributed by atoms with Crippen LogP contribution >= 0.6 is 0 Å². The molecular weight excluding hydrogens is 406 g/mol. The van der Waals surface area contributed by atoms with E-state index >= 15 is 0 Å². The van der Waals surface area contributed by atoms with E-state index in [1.807, 2.05) is 6.07 Å². The van der Waals surface area contributed by atoms with Gasteiger partial charge in [-0.05, 0) is 30.7 Å². The van der Waals surface area contributed by atoms with Gasteiger partial charge in [0.2, 0.25) is 0 Å². The average molecular weight is 426 g/mol. The molecule has 1 aromatic heterocycles. The Balaban J connectivity index is 2.00. The van der Waals surface area contributed by atoms with E-state index in [-0.39, 0.29) is 30.2 Å². The van der Waals surface area contributed by atoms with Crippen molar-refractivity contribution in [3.63, 3.8) is 0 Å². The summed E-state index contributed by atoms with van der Waals surface area (Å²) < 4.78 is 28.8. The van der Waals surface area contributed by atoms with Gasteiger partial charge >= 0.3 is 5.69 Å². The van der Waals surface area contributed by atoms with Gasteiger partial charge in [0.25, 0.3) is 11.5 Å². The minimum atomic E-state index is -0.840. The zero-order chi connectivity index (χ0) is 22.5. The molecule has 0 bridgehead atoms. The van der Waals surface area contributed by atoms with Crippen molar-refractivity contribution in [2.75, 3.05) is 17.2 Å². The quantitative estimate of drug-likeness (QED) is 0.592. The van der Waals surface area contributed by atoms with Crippen LogP contribution in [-0.4, -0.2) is 22.0 Å². The lowest BCUT2D eigenvalue weighted by molar-refractivity contribution is -0.114. The number of aromatic amines is 1. The molecule has 1 amide bonds. The first kappa shape index (κ1) is 21.7. The second-order valence-electron chi connectivity index (χ2n) is 6.62. The van der Waals surface area contributed by atoms with E-state index in [9.17, 15) is 23.2 Å². The number of H-pyrrole nitrogens is 1. The minimum absolute atomic E-state index is 0.0275. The van der Waals surface area contributed by atoms with Crippen molar-refractivity contribution in [1.82, 2.24) is 9.55 Å². The number of likely N-dealkylation sites (N-methyl/N-ethyl adjacent to an activating group) is 1. The number of aromatic nitrogens is 2. The number of benzene rings is 2. The van der Waals surface area contributed by atoms with Gasteiger partial charge < -0.3 is 10.6 Å². The fraction of sp³-hybridized carbons (Fsp3) is 0.136. The predicted octanol–water partition coefficient (Wildman–Crippen LogP) is 2.51. The number of nitrogens with zero attached hydrogens (tertiary/aromatic N) is 2. The number of nitrogen functional groups attached to an aromatic ring is 1. The number of hydrogen-bond acceptors (Lipinski definition) is 4. The summed E-state index contributed by atoms with van der Waals surface area (Å²) in [5.41, 5.74) is 4.70. The maximum absolute atomic E-state index is 13.8. The van der Waals surface area contributed by atoms with Gasteiger partial charge in [0.05, 0.1) is 6.54 Å². The molecule has 3 aromatic rings. The SMILES string of the molecule is CCN(C(=O)/C=C/c1c(F)cccc1F)c1c(N)n(Cc2ccccc2)c(=O)[nH]c1=O. The molecule has 3 N–H and O–H groups in total. The highest BCUT2D eigenvalue weighted by Gasteiger charge is 2.22. The molecule has 7 nitrogen and oxygen atoms in total. The lowest BCUT2D eigenvalue weighted by atomic mass is 10.2. The Bertz CT molecular complexity index is 1230. The molecule has 0 aliphatic rings. The van der Waals surface area contributed by atoms with Gasteiger partial charge in [0.15, 0.2) is 5.69 Å². The molecular formula is C22H20F2N4O3. The summed E-state index contributed by atoms with van der Waals surface area (Å²) in [7, 11) is 0. The van der Waals surface area contributed by atoms with E-state index in [1.165, 1.54) is 6.07 Å². The summed E-state index contributed by atoms with van der Waals surface area (Å²) in [6.45, 7) is 1.71. The third-order valence-electron chi connectivity index (χ3n) is 4.64. The van der Waals surface area contributed by atoms with Gasteiger partial charge in [-0.1, -0.05) is 36.4 Å². The lowest BCUT2D eigenvalue weighted by Crippen LogP contribution is -2.40. The minimum Gasteiger partial charge on any atom is -0.383 e. The van der Waals surface area contributed by atoms with Gasteiger partial charge in [0.1, 0.15) is 17.5 Å². The van der Waals surface area contributed by atoms with E-state index in [0.29, 0.717) is 0 Å². The van der Waals surface area contributed by atoms with Crippen molar-refractivity contribution < 1.29 is 13.6 Å². The molecule has 31 heavy (non-hydrogen) atoms. The van der Waals surface area contributed by atoms with Crippen LogP contribution < -0.4 is 21.9 Å². The van der Waals surface area contributed by atoms with Gasteiger partial charge in [-0.2, -0.15) is 0 Å². The topological polar surface area (TPSA) is 101 Å². The van der Waals surface area contributed by atoms with Gasteiger partial charge in [-0.3, -0.25) is 19.1 Å². The van der Waals surface area contributed by atoms with E-state index in [2.05, 4.69) is 4.98 Å². The van der Waals surface area contributed by atoms with Gasteiger partial charge in [-0.25, -0.2) is 13.6 Å². The Morgan fingerprint density at radius 3 is 2.35 bits per heavy atom. The zero-order valence-corrected chi connectivity index (χ0v) is 16.6. The van der Waals surface area contributed by atoms with E-state index in [0.717, 1.165) is 39.3 Å². The van der Waals surface area contributed by atoms with E-state index in [1.54, 1.807) is 31.2 Å². The van der Waals surface area contributed by atoms with Crippen molar-refractivity contribution in [2.24, 2.45) is 0 Å². The number of hydrogen-bond donors (Lipinski definition) is 2. The molecule has 2 aromatic carbocycles. The molecule has 160 valence electrons. The smallest absolute Gasteiger partial charge is 0.330 e. The first-order valence-electron chi connectivity index (χ1n) is 9.43. The van der Waals surface area contributed by atoms with Crippen LogP contribution in [-0.2, 0) is 11.3 Å². The Kier molecular flexibility index (Phi) is 6.44. The van der Waals surface area contributed by atoms with Crippen molar-refractivity contribution in [3.8, 4) is 0 Å². The normalized spacial score (nSPS) is 11.1. The fourth-order valence-electron chi connectivity index (χ4n) is 3.10. The second-order valence-corrected chi connectivity index (χ2v) is 6.62. The number of carbonyl (C=O) groups excluding carboxylic acids is 1. The van der Waals surface area contributed by atoms with Crippen LogP contribution in [0.1, 0.15) is 18.1 Å². The highest BCUT2D eigenvalue weighted by Crippen LogP contribution is 2.19. The molecule has 9 heteroatoms. The molecule has 3 rings (SSSR count). The molecule has 0 radical (unpaired) electrons. The first-order chi connectivity index (χ1) is 14.8. The van der Waals surface area contributed by atoms with Gasteiger partial charge in [-0.15, -0.1) is 0 Å². The van der Waals surface area contributed by atoms with Crippen LogP contribution in [0.15, 0.2) is 64.2 Å². The number of carbonyl (C=O) groups is 1. The number of halogens is 2. The molecule has 0 unspecified atom stereocenters. The summed E-state index contributed by atoms with van der Waals surface area (Å²) in [5.74, 6) is -2.59. The Hall–Kier alpha value is -4.01. The van der Waals surface area contributed by atoms with Crippen LogP contribution in [0.5, 0.6) is 0 Å². The summed E-state index contributed by atoms with van der Waals surface area (Å²) in [5, 5.41) is 0. The van der Waals surface area contributed by atoms with Crippen molar-refractivity contribution in [2.45, 2.75) is 13.5 Å². The average Bonchev–Trinajstić information content (AvgIpc) is 2.74. The molecule has 0 aliphatic heterocycles. The third kappa shape index (κ3) is 4.61. The molecule has 0 saturated carbocycles. The monoisotopic (exact) mass is 426 g/mol. The summed E-state index contributed by atoms with van der Waals surface area (Å²) in [4.78, 5) is 40.7. The fourth-order valence-corrected chi connectivity index (χ4v) is 3.10. The van der Waals surface area contributed by atoms with Crippen LogP contribution in [0.25, 0.3) is 6.08 Å². The Labute approximate surface area is 176 Å². The van der Waals surface area contributed by atoms with Crippen LogP contribution in [0.4, 0.5) is 20.3 Å². The molecule has 0 fully saturated rings. The van der Waals surface area contributed by atoms with Gasteiger partial charge in [0, 0.05) is 18.2 Å². The van der Waals surface area contributed by atoms with Crippen LogP contribution in [0.3, 0.4) is 0 Å². The van der Waals surface area contributed by atoms with Crippen molar-refractivity contribution in [3.05, 3.63) is 98.2 Å². The molecule has 0 spiro atoms. The first-order valence-corrected chi connectivity index (χ1v) is 9.43. The Morgan fingerprint density at radius 2 is 1.74 bits per heavy atom. The third-order valence-corrected chi connectivity index (χ3v) is 4.64. The molecule has 0 aliphatic carbocycles. The summed E-state index contributed by atoms with van der Waals surface area (Å²) >= 11 is 0. The molecule has 0 saturated heterocycles. The number of nitrogens with one attached hydrogen (secondary N) is 1. The molecule has 0 atom stereocenters. The summed E-state index contributed by atoms with van der Waals surface area (Å²) in [6.07, 6.45) is 1.93. The Morgan fingerprint density at radius 1 is 1.10 bits per heavy atom. The highest BCUT2D eigenvalue weighted by atomic mass is 19.1. The summed E-state index contributed by atoms with van der Waals surface area (Å²) in [6, 6.07) is 12.3. The number of amides is 1.